The summed E-state index contributed by atoms with van der Waals surface area (Å²) in [6, 6.07) is 12.5. The molecule has 0 atom stereocenters. The Morgan fingerprint density at radius 1 is 1.20 bits per heavy atom. The molecule has 2 aromatic rings. The van der Waals surface area contributed by atoms with Gasteiger partial charge in [-0.25, -0.2) is 8.42 Å². The predicted molar refractivity (Wildman–Crippen MR) is 92.7 cm³/mol. The van der Waals surface area contributed by atoms with Gasteiger partial charge < -0.3 is 10.5 Å². The van der Waals surface area contributed by atoms with Gasteiger partial charge >= 0.3 is 0 Å². The van der Waals surface area contributed by atoms with Crippen molar-refractivity contribution in [3.05, 3.63) is 64.2 Å². The maximum absolute atomic E-state index is 13.0. The number of nitrogens with zero attached hydrogens (tertiary/aromatic N) is 2. The van der Waals surface area contributed by atoms with E-state index in [2.05, 4.69) is 0 Å². The number of ether oxygens (including phenoxy) is 1. The second-order valence-electron chi connectivity index (χ2n) is 5.21. The molecule has 0 radical (unpaired) electrons. The van der Waals surface area contributed by atoms with Crippen molar-refractivity contribution in [3.8, 4) is 5.75 Å². The van der Waals surface area contributed by atoms with Crippen LogP contribution in [-0.2, 0) is 16.6 Å². The largest absolute Gasteiger partial charge is 0.495 e. The normalized spacial score (nSPS) is 11.5. The van der Waals surface area contributed by atoms with Gasteiger partial charge in [0.05, 0.1) is 18.1 Å². The minimum absolute atomic E-state index is 0.0794. The average Bonchev–Trinajstić information content (AvgIpc) is 2.61. The van der Waals surface area contributed by atoms with Crippen molar-refractivity contribution >= 4 is 15.7 Å². The Balaban J connectivity index is 2.44. The number of nitro groups is 1. The van der Waals surface area contributed by atoms with Crippen molar-refractivity contribution in [2.75, 3.05) is 20.2 Å². The first-order valence-corrected chi connectivity index (χ1v) is 8.90. The van der Waals surface area contributed by atoms with Crippen molar-refractivity contribution in [2.45, 2.75) is 11.4 Å². The predicted octanol–water partition coefficient (Wildman–Crippen LogP) is 1.75. The molecule has 0 saturated heterocycles. The van der Waals surface area contributed by atoms with Gasteiger partial charge in [0.2, 0.25) is 10.0 Å². The average molecular weight is 365 g/mol. The SMILES string of the molecule is COc1cc([N+](=O)[O-])ccc1S(=O)(=O)N(CCN)Cc1ccccc1. The first-order chi connectivity index (χ1) is 11.9. The third-order valence-corrected chi connectivity index (χ3v) is 5.44. The van der Waals surface area contributed by atoms with Crippen molar-refractivity contribution in [1.29, 1.82) is 0 Å². The summed E-state index contributed by atoms with van der Waals surface area (Å²) < 4.78 is 32.3. The molecule has 8 nitrogen and oxygen atoms in total. The molecule has 2 rings (SSSR count). The van der Waals surface area contributed by atoms with Crippen molar-refractivity contribution in [1.82, 2.24) is 4.31 Å². The van der Waals surface area contributed by atoms with E-state index in [1.807, 2.05) is 30.3 Å². The summed E-state index contributed by atoms with van der Waals surface area (Å²) in [6.45, 7) is 0.388. The monoisotopic (exact) mass is 365 g/mol. The highest BCUT2D eigenvalue weighted by Gasteiger charge is 2.28. The van der Waals surface area contributed by atoms with Crippen LogP contribution >= 0.6 is 0 Å². The molecule has 0 spiro atoms. The highest BCUT2D eigenvalue weighted by Crippen LogP contribution is 2.31. The minimum Gasteiger partial charge on any atom is -0.495 e. The van der Waals surface area contributed by atoms with E-state index in [0.29, 0.717) is 0 Å². The zero-order valence-corrected chi connectivity index (χ0v) is 14.5. The van der Waals surface area contributed by atoms with E-state index in [1.165, 1.54) is 17.5 Å². The fourth-order valence-electron chi connectivity index (χ4n) is 2.34. The van der Waals surface area contributed by atoms with E-state index in [0.717, 1.165) is 17.7 Å². The summed E-state index contributed by atoms with van der Waals surface area (Å²) >= 11 is 0. The van der Waals surface area contributed by atoms with Gasteiger partial charge in [0.1, 0.15) is 10.6 Å². The zero-order chi connectivity index (χ0) is 18.4. The molecule has 2 aromatic carbocycles. The molecule has 0 aromatic heterocycles. The molecule has 134 valence electrons. The number of nitro benzene ring substituents is 1. The number of benzene rings is 2. The summed E-state index contributed by atoms with van der Waals surface area (Å²) in [5.41, 5.74) is 6.13. The van der Waals surface area contributed by atoms with E-state index in [-0.39, 0.29) is 36.0 Å². The van der Waals surface area contributed by atoms with Crippen LogP contribution in [0, 0.1) is 10.1 Å². The Morgan fingerprint density at radius 3 is 2.44 bits per heavy atom. The van der Waals surface area contributed by atoms with Crippen LogP contribution < -0.4 is 10.5 Å². The smallest absolute Gasteiger partial charge is 0.273 e. The zero-order valence-electron chi connectivity index (χ0n) is 13.7. The number of sulfonamides is 1. The van der Waals surface area contributed by atoms with E-state index < -0.39 is 14.9 Å². The topological polar surface area (TPSA) is 116 Å². The van der Waals surface area contributed by atoms with E-state index >= 15 is 0 Å². The van der Waals surface area contributed by atoms with Gasteiger partial charge in [-0.2, -0.15) is 4.31 Å². The maximum atomic E-state index is 13.0. The standard InChI is InChI=1S/C16H19N3O5S/c1-24-15-11-14(19(20)21)7-8-16(15)25(22,23)18(10-9-17)12-13-5-3-2-4-6-13/h2-8,11H,9-10,12,17H2,1H3. The quantitative estimate of drug-likeness (QED) is 0.563. The van der Waals surface area contributed by atoms with Gasteiger partial charge in [0.15, 0.2) is 0 Å². The molecule has 0 amide bonds. The third-order valence-electron chi connectivity index (χ3n) is 3.56. The van der Waals surface area contributed by atoms with Crippen molar-refractivity contribution in [2.24, 2.45) is 5.73 Å². The molecule has 0 fully saturated rings. The summed E-state index contributed by atoms with van der Waals surface area (Å²) in [5.74, 6) is -0.0794. The molecule has 25 heavy (non-hydrogen) atoms. The number of hydrogen-bond donors (Lipinski definition) is 1. The minimum atomic E-state index is -3.94. The van der Waals surface area contributed by atoms with Crippen molar-refractivity contribution < 1.29 is 18.1 Å². The molecular weight excluding hydrogens is 346 g/mol. The molecule has 0 aliphatic heterocycles. The maximum Gasteiger partial charge on any atom is 0.273 e. The van der Waals surface area contributed by atoms with E-state index in [4.69, 9.17) is 10.5 Å². The molecule has 0 heterocycles. The number of methoxy groups -OCH3 is 1. The van der Waals surface area contributed by atoms with E-state index in [1.54, 1.807) is 0 Å². The van der Waals surface area contributed by atoms with Gasteiger partial charge in [-0.05, 0) is 11.6 Å². The lowest BCUT2D eigenvalue weighted by molar-refractivity contribution is -0.385. The lowest BCUT2D eigenvalue weighted by Gasteiger charge is -2.22. The summed E-state index contributed by atoms with van der Waals surface area (Å²) in [7, 11) is -2.67. The number of nitrogens with two attached hydrogens (primary N) is 1. The Morgan fingerprint density at radius 2 is 1.88 bits per heavy atom. The van der Waals surface area contributed by atoms with Gasteiger partial charge in [-0.1, -0.05) is 30.3 Å². The van der Waals surface area contributed by atoms with Crippen LogP contribution in [0.4, 0.5) is 5.69 Å². The molecule has 0 aliphatic carbocycles. The van der Waals surface area contributed by atoms with Gasteiger partial charge in [-0.15, -0.1) is 0 Å². The fraction of sp³-hybridized carbons (Fsp3) is 0.250. The van der Waals surface area contributed by atoms with Crippen LogP contribution in [0.5, 0.6) is 5.75 Å². The molecule has 0 aliphatic rings. The lowest BCUT2D eigenvalue weighted by atomic mass is 10.2. The van der Waals surface area contributed by atoms with Crippen LogP contribution in [0.25, 0.3) is 0 Å². The van der Waals surface area contributed by atoms with E-state index in [9.17, 15) is 18.5 Å². The van der Waals surface area contributed by atoms with Crippen LogP contribution in [0.3, 0.4) is 0 Å². The van der Waals surface area contributed by atoms with Crippen molar-refractivity contribution in [3.63, 3.8) is 0 Å². The van der Waals surface area contributed by atoms with Gasteiger partial charge in [0, 0.05) is 25.7 Å². The first kappa shape index (κ1) is 18.8. The highest BCUT2D eigenvalue weighted by molar-refractivity contribution is 7.89. The summed E-state index contributed by atoms with van der Waals surface area (Å²) in [6.07, 6.45) is 0. The summed E-state index contributed by atoms with van der Waals surface area (Å²) in [5, 5.41) is 10.9. The number of hydrogen-bond acceptors (Lipinski definition) is 6. The Kier molecular flexibility index (Phi) is 6.07. The van der Waals surface area contributed by atoms with Gasteiger partial charge in [0.25, 0.3) is 5.69 Å². The second kappa shape index (κ2) is 8.06. The summed E-state index contributed by atoms with van der Waals surface area (Å²) in [4.78, 5) is 10.1. The van der Waals surface area contributed by atoms with Crippen LogP contribution in [-0.4, -0.2) is 37.8 Å². The molecule has 0 unspecified atom stereocenters. The Bertz CT molecular complexity index is 840. The molecule has 0 bridgehead atoms. The molecular formula is C16H19N3O5S. The van der Waals surface area contributed by atoms with Crippen LogP contribution in [0.15, 0.2) is 53.4 Å². The van der Waals surface area contributed by atoms with Crippen LogP contribution in [0.1, 0.15) is 5.56 Å². The van der Waals surface area contributed by atoms with Crippen LogP contribution in [0.2, 0.25) is 0 Å². The Hall–Kier alpha value is -2.49. The number of rotatable bonds is 8. The third kappa shape index (κ3) is 4.32. The fourth-order valence-corrected chi connectivity index (χ4v) is 3.92. The van der Waals surface area contributed by atoms with Gasteiger partial charge in [-0.3, -0.25) is 10.1 Å². The Labute approximate surface area is 146 Å². The molecule has 9 heteroatoms. The second-order valence-corrected chi connectivity index (χ2v) is 7.11. The molecule has 0 saturated carbocycles. The number of non-ortho nitro benzene ring substituents is 1. The highest BCUT2D eigenvalue weighted by atomic mass is 32.2. The first-order valence-electron chi connectivity index (χ1n) is 7.46. The lowest BCUT2D eigenvalue weighted by Crippen LogP contribution is -2.35. The molecule has 2 N–H and O–H groups in total.